The average molecular weight is 540 g/mol. The smallest absolute Gasteiger partial charge is 0.243 e. The molecule has 0 saturated heterocycles. The van der Waals surface area contributed by atoms with Crippen LogP contribution in [0.1, 0.15) is 24.1 Å². The Labute approximate surface area is 200 Å². The Balaban J connectivity index is 1.84. The molecule has 1 unspecified atom stereocenters. The molecule has 0 aliphatic carbocycles. The zero-order valence-corrected chi connectivity index (χ0v) is 20.3. The van der Waals surface area contributed by atoms with Crippen molar-refractivity contribution in [1.82, 2.24) is 9.62 Å². The van der Waals surface area contributed by atoms with Gasteiger partial charge in [-0.3, -0.25) is 4.79 Å². The van der Waals surface area contributed by atoms with Crippen molar-refractivity contribution in [2.45, 2.75) is 24.4 Å². The van der Waals surface area contributed by atoms with Gasteiger partial charge in [-0.2, -0.15) is 4.31 Å². The van der Waals surface area contributed by atoms with E-state index in [1.165, 1.54) is 24.3 Å². The van der Waals surface area contributed by atoms with E-state index >= 15 is 0 Å². The Kier molecular flexibility index (Phi) is 8.05. The van der Waals surface area contributed by atoms with Crippen molar-refractivity contribution < 1.29 is 17.6 Å². The summed E-state index contributed by atoms with van der Waals surface area (Å²) in [5, 5.41) is 3.18. The molecule has 0 bridgehead atoms. The fraction of sp³-hybridized carbons (Fsp3) is 0.174. The van der Waals surface area contributed by atoms with E-state index in [1.807, 2.05) is 0 Å². The monoisotopic (exact) mass is 538 g/mol. The molecule has 0 aliphatic rings. The predicted molar refractivity (Wildman–Crippen MR) is 126 cm³/mol. The van der Waals surface area contributed by atoms with E-state index in [0.29, 0.717) is 16.1 Å². The van der Waals surface area contributed by atoms with Crippen molar-refractivity contribution in [3.05, 3.63) is 99.2 Å². The number of benzene rings is 3. The normalized spacial score (nSPS) is 12.5. The summed E-state index contributed by atoms with van der Waals surface area (Å²) in [7, 11) is -3.99. The molecule has 1 atom stereocenters. The second kappa shape index (κ2) is 10.6. The number of rotatable bonds is 8. The predicted octanol–water partition coefficient (Wildman–Crippen LogP) is 5.31. The number of nitrogens with zero attached hydrogens (tertiary/aromatic N) is 1. The van der Waals surface area contributed by atoms with Gasteiger partial charge in [-0.05, 0) is 60.5 Å². The molecule has 3 rings (SSSR count). The van der Waals surface area contributed by atoms with Crippen LogP contribution in [0.5, 0.6) is 0 Å². The van der Waals surface area contributed by atoms with Crippen LogP contribution in [-0.4, -0.2) is 25.2 Å². The first-order valence-electron chi connectivity index (χ1n) is 9.71. The SMILES string of the molecule is CC(NC(=O)CN(Cc1ccccc1Cl)S(=O)(=O)c1ccc(Br)cc1)c1ccc(F)cc1. The lowest BCUT2D eigenvalue weighted by Crippen LogP contribution is -2.41. The molecular formula is C23H21BrClFN2O3S. The lowest BCUT2D eigenvalue weighted by atomic mass is 10.1. The molecule has 3 aromatic rings. The molecule has 0 fully saturated rings. The van der Waals surface area contributed by atoms with E-state index in [0.717, 1.165) is 8.78 Å². The van der Waals surface area contributed by atoms with Crippen LogP contribution in [-0.2, 0) is 21.4 Å². The Bertz CT molecular complexity index is 1190. The Hall–Kier alpha value is -2.26. The molecule has 0 saturated carbocycles. The van der Waals surface area contributed by atoms with Gasteiger partial charge in [0.2, 0.25) is 15.9 Å². The van der Waals surface area contributed by atoms with Crippen LogP contribution in [0.3, 0.4) is 0 Å². The summed E-state index contributed by atoms with van der Waals surface area (Å²) in [6, 6.07) is 18.4. The van der Waals surface area contributed by atoms with Gasteiger partial charge in [0.15, 0.2) is 0 Å². The van der Waals surface area contributed by atoms with Gasteiger partial charge in [0.25, 0.3) is 0 Å². The molecule has 168 valence electrons. The molecule has 0 aliphatic heterocycles. The topological polar surface area (TPSA) is 66.5 Å². The van der Waals surface area contributed by atoms with Gasteiger partial charge in [0.05, 0.1) is 17.5 Å². The number of nitrogens with one attached hydrogen (secondary N) is 1. The van der Waals surface area contributed by atoms with Gasteiger partial charge in [0, 0.05) is 16.0 Å². The highest BCUT2D eigenvalue weighted by Crippen LogP contribution is 2.24. The fourth-order valence-corrected chi connectivity index (χ4v) is 4.91. The molecule has 5 nitrogen and oxygen atoms in total. The van der Waals surface area contributed by atoms with E-state index in [1.54, 1.807) is 55.5 Å². The van der Waals surface area contributed by atoms with Gasteiger partial charge in [0.1, 0.15) is 5.82 Å². The van der Waals surface area contributed by atoms with Gasteiger partial charge in [-0.15, -0.1) is 0 Å². The van der Waals surface area contributed by atoms with E-state index < -0.39 is 28.5 Å². The fourth-order valence-electron chi connectivity index (χ4n) is 3.08. The number of hydrogen-bond acceptors (Lipinski definition) is 3. The minimum atomic E-state index is -3.99. The summed E-state index contributed by atoms with van der Waals surface area (Å²) in [4.78, 5) is 12.8. The molecule has 1 N–H and O–H groups in total. The Morgan fingerprint density at radius 3 is 2.31 bits per heavy atom. The zero-order valence-electron chi connectivity index (χ0n) is 17.1. The van der Waals surface area contributed by atoms with E-state index in [9.17, 15) is 17.6 Å². The van der Waals surface area contributed by atoms with Crippen LogP contribution in [0, 0.1) is 5.82 Å². The highest BCUT2D eigenvalue weighted by Gasteiger charge is 2.28. The minimum Gasteiger partial charge on any atom is -0.348 e. The van der Waals surface area contributed by atoms with Crippen LogP contribution in [0.25, 0.3) is 0 Å². The lowest BCUT2D eigenvalue weighted by molar-refractivity contribution is -0.122. The van der Waals surface area contributed by atoms with Crippen LogP contribution in [0.15, 0.2) is 82.2 Å². The van der Waals surface area contributed by atoms with Crippen LogP contribution >= 0.6 is 27.5 Å². The van der Waals surface area contributed by atoms with Crippen molar-refractivity contribution in [3.63, 3.8) is 0 Å². The quantitative estimate of drug-likeness (QED) is 0.422. The largest absolute Gasteiger partial charge is 0.348 e. The molecular weight excluding hydrogens is 519 g/mol. The Morgan fingerprint density at radius 2 is 1.69 bits per heavy atom. The molecule has 32 heavy (non-hydrogen) atoms. The minimum absolute atomic E-state index is 0.0622. The molecule has 1 amide bonds. The summed E-state index contributed by atoms with van der Waals surface area (Å²) in [6.45, 7) is 1.26. The molecule has 9 heteroatoms. The third-order valence-corrected chi connectivity index (χ3v) is 7.53. The first-order chi connectivity index (χ1) is 15.2. The average Bonchev–Trinajstić information content (AvgIpc) is 2.75. The third kappa shape index (κ3) is 6.16. The molecule has 0 spiro atoms. The van der Waals surface area contributed by atoms with Crippen LogP contribution in [0.4, 0.5) is 4.39 Å². The van der Waals surface area contributed by atoms with Crippen LogP contribution in [0.2, 0.25) is 5.02 Å². The van der Waals surface area contributed by atoms with Crippen molar-refractivity contribution in [3.8, 4) is 0 Å². The van der Waals surface area contributed by atoms with Crippen molar-refractivity contribution >= 4 is 43.5 Å². The lowest BCUT2D eigenvalue weighted by Gasteiger charge is -2.24. The molecule has 0 aromatic heterocycles. The van der Waals surface area contributed by atoms with Crippen molar-refractivity contribution in [2.75, 3.05) is 6.54 Å². The van der Waals surface area contributed by atoms with Crippen LogP contribution < -0.4 is 5.32 Å². The summed E-state index contributed by atoms with van der Waals surface area (Å²) < 4.78 is 41.7. The summed E-state index contributed by atoms with van der Waals surface area (Å²) in [5.41, 5.74) is 1.28. The van der Waals surface area contributed by atoms with Gasteiger partial charge < -0.3 is 5.32 Å². The number of hydrogen-bond donors (Lipinski definition) is 1. The summed E-state index contributed by atoms with van der Waals surface area (Å²) >= 11 is 9.53. The second-order valence-corrected chi connectivity index (χ2v) is 10.4. The van der Waals surface area contributed by atoms with Gasteiger partial charge in [-0.25, -0.2) is 12.8 Å². The number of halogens is 3. The van der Waals surface area contributed by atoms with E-state index in [4.69, 9.17) is 11.6 Å². The number of carbonyl (C=O) groups excluding carboxylic acids is 1. The van der Waals surface area contributed by atoms with Crippen molar-refractivity contribution in [2.24, 2.45) is 0 Å². The second-order valence-electron chi connectivity index (χ2n) is 7.16. The summed E-state index contributed by atoms with van der Waals surface area (Å²) in [6.07, 6.45) is 0. The first kappa shape index (κ1) is 24.4. The maximum atomic E-state index is 13.3. The molecule has 3 aromatic carbocycles. The summed E-state index contributed by atoms with van der Waals surface area (Å²) in [5.74, 6) is -0.867. The third-order valence-electron chi connectivity index (χ3n) is 4.82. The first-order valence-corrected chi connectivity index (χ1v) is 12.3. The standard InChI is InChI=1S/C23H21BrClFN2O3S/c1-16(17-6-10-20(26)11-7-17)27-23(29)15-28(14-18-4-2-3-5-22(18)25)32(30,31)21-12-8-19(24)9-13-21/h2-13,16H,14-15H2,1H3,(H,27,29). The number of amides is 1. The number of sulfonamides is 1. The number of carbonyl (C=O) groups is 1. The van der Waals surface area contributed by atoms with E-state index in [-0.39, 0.29) is 17.3 Å². The highest BCUT2D eigenvalue weighted by molar-refractivity contribution is 9.10. The highest BCUT2D eigenvalue weighted by atomic mass is 79.9. The Morgan fingerprint density at radius 1 is 1.06 bits per heavy atom. The van der Waals surface area contributed by atoms with Gasteiger partial charge in [-0.1, -0.05) is 57.9 Å². The maximum Gasteiger partial charge on any atom is 0.243 e. The maximum absolute atomic E-state index is 13.3. The van der Waals surface area contributed by atoms with Crippen molar-refractivity contribution in [1.29, 1.82) is 0 Å². The molecule has 0 radical (unpaired) electrons. The van der Waals surface area contributed by atoms with Gasteiger partial charge >= 0.3 is 0 Å². The van der Waals surface area contributed by atoms with E-state index in [2.05, 4.69) is 21.2 Å². The molecule has 0 heterocycles. The zero-order chi connectivity index (χ0) is 23.3.